The van der Waals surface area contributed by atoms with Crippen LogP contribution in [0, 0.1) is 6.92 Å². The van der Waals surface area contributed by atoms with Crippen molar-refractivity contribution in [3.8, 4) is 0 Å². The number of benzene rings is 2. The molecule has 6 nitrogen and oxygen atoms in total. The Kier molecular flexibility index (Phi) is 6.49. The van der Waals surface area contributed by atoms with E-state index in [4.69, 9.17) is 10.5 Å². The lowest BCUT2D eigenvalue weighted by Crippen LogP contribution is -2.31. The minimum absolute atomic E-state index is 0.112. The second-order valence-corrected chi connectivity index (χ2v) is 6.05. The Balaban J connectivity index is 2.14. The van der Waals surface area contributed by atoms with Gasteiger partial charge in [-0.1, -0.05) is 60.2 Å². The molecule has 0 radical (unpaired) electrons. The molecular formula is C20H22N2O4. The molecule has 0 aliphatic heterocycles. The van der Waals surface area contributed by atoms with Gasteiger partial charge in [0.15, 0.2) is 0 Å². The molecule has 136 valence electrons. The van der Waals surface area contributed by atoms with Crippen molar-refractivity contribution in [3.05, 3.63) is 71.3 Å². The molecule has 0 heterocycles. The Bertz CT molecular complexity index is 772. The first-order chi connectivity index (χ1) is 12.4. The van der Waals surface area contributed by atoms with E-state index in [1.807, 2.05) is 31.2 Å². The highest BCUT2D eigenvalue weighted by atomic mass is 16.5. The molecule has 2 aromatic carbocycles. The Labute approximate surface area is 152 Å². The van der Waals surface area contributed by atoms with Crippen molar-refractivity contribution in [2.24, 2.45) is 5.73 Å². The number of nitrogens with two attached hydrogens (primary N) is 1. The van der Waals surface area contributed by atoms with Gasteiger partial charge in [0.25, 0.3) is 5.91 Å². The molecule has 0 bridgehead atoms. The monoisotopic (exact) mass is 354 g/mol. The predicted molar refractivity (Wildman–Crippen MR) is 96.8 cm³/mol. The van der Waals surface area contributed by atoms with Crippen molar-refractivity contribution < 1.29 is 19.1 Å². The summed E-state index contributed by atoms with van der Waals surface area (Å²) in [6.45, 7) is 3.32. The molecule has 2 amide bonds. The van der Waals surface area contributed by atoms with Crippen LogP contribution in [-0.4, -0.2) is 17.8 Å². The molecule has 3 N–H and O–H groups in total. The maximum Gasteiger partial charge on any atom is 0.309 e. The summed E-state index contributed by atoms with van der Waals surface area (Å²) in [6, 6.07) is 15.5. The Morgan fingerprint density at radius 2 is 1.62 bits per heavy atom. The summed E-state index contributed by atoms with van der Waals surface area (Å²) >= 11 is 0. The summed E-state index contributed by atoms with van der Waals surface area (Å²) in [6.07, 6.45) is -1.28. The first kappa shape index (κ1) is 19.2. The van der Waals surface area contributed by atoms with E-state index in [9.17, 15) is 14.4 Å². The number of rotatable bonds is 7. The van der Waals surface area contributed by atoms with Gasteiger partial charge < -0.3 is 15.8 Å². The van der Waals surface area contributed by atoms with E-state index in [1.54, 1.807) is 30.3 Å². The van der Waals surface area contributed by atoms with Gasteiger partial charge in [-0.2, -0.15) is 0 Å². The fourth-order valence-electron chi connectivity index (χ4n) is 2.56. The van der Waals surface area contributed by atoms with Crippen molar-refractivity contribution in [1.82, 2.24) is 5.32 Å². The maximum atomic E-state index is 12.4. The molecule has 0 aliphatic carbocycles. The molecule has 0 aromatic heterocycles. The quantitative estimate of drug-likeness (QED) is 0.746. The zero-order chi connectivity index (χ0) is 19.1. The van der Waals surface area contributed by atoms with Gasteiger partial charge in [0, 0.05) is 12.5 Å². The van der Waals surface area contributed by atoms with Crippen LogP contribution in [0.15, 0.2) is 54.6 Å². The van der Waals surface area contributed by atoms with E-state index >= 15 is 0 Å². The highest BCUT2D eigenvalue weighted by Gasteiger charge is 2.25. The van der Waals surface area contributed by atoms with Crippen LogP contribution in [0.1, 0.15) is 42.2 Å². The highest BCUT2D eigenvalue weighted by molar-refractivity contribution is 5.84. The lowest BCUT2D eigenvalue weighted by Gasteiger charge is -2.20. The third-order valence-corrected chi connectivity index (χ3v) is 3.84. The third kappa shape index (κ3) is 5.44. The second-order valence-electron chi connectivity index (χ2n) is 6.05. The van der Waals surface area contributed by atoms with Gasteiger partial charge in [0.1, 0.15) is 0 Å². The standard InChI is InChI=1S/C20H22N2O4/c1-13-8-10-15(11-9-13)17(22-14(2)23)12-18(24)26-19(20(21)25)16-6-4-3-5-7-16/h3-11,17,19H,12H2,1-2H3,(H2,21,25)(H,22,23)/t17-,19+/m1/s1. The van der Waals surface area contributed by atoms with Crippen molar-refractivity contribution in [2.45, 2.75) is 32.4 Å². The van der Waals surface area contributed by atoms with Crippen LogP contribution < -0.4 is 11.1 Å². The molecule has 26 heavy (non-hydrogen) atoms. The zero-order valence-corrected chi connectivity index (χ0v) is 14.8. The number of carbonyl (C=O) groups is 3. The number of hydrogen-bond donors (Lipinski definition) is 2. The lowest BCUT2D eigenvalue weighted by atomic mass is 10.0. The third-order valence-electron chi connectivity index (χ3n) is 3.84. The molecule has 0 saturated carbocycles. The summed E-state index contributed by atoms with van der Waals surface area (Å²) < 4.78 is 5.29. The minimum atomic E-state index is -1.17. The SMILES string of the molecule is CC(=O)N[C@H](CC(=O)O[C@H](C(N)=O)c1ccccc1)c1ccc(C)cc1. The molecule has 0 unspecified atom stereocenters. The van der Waals surface area contributed by atoms with Crippen molar-refractivity contribution in [2.75, 3.05) is 0 Å². The van der Waals surface area contributed by atoms with Crippen LogP contribution in [0.5, 0.6) is 0 Å². The van der Waals surface area contributed by atoms with Gasteiger partial charge in [0.2, 0.25) is 12.0 Å². The minimum Gasteiger partial charge on any atom is -0.447 e. The van der Waals surface area contributed by atoms with Crippen LogP contribution >= 0.6 is 0 Å². The lowest BCUT2D eigenvalue weighted by molar-refractivity contribution is -0.156. The van der Waals surface area contributed by atoms with Crippen LogP contribution in [0.25, 0.3) is 0 Å². The van der Waals surface area contributed by atoms with Gasteiger partial charge in [0.05, 0.1) is 12.5 Å². The molecule has 0 fully saturated rings. The van der Waals surface area contributed by atoms with Gasteiger partial charge in [-0.05, 0) is 12.5 Å². The number of hydrogen-bond acceptors (Lipinski definition) is 4. The zero-order valence-electron chi connectivity index (χ0n) is 14.8. The van der Waals surface area contributed by atoms with E-state index in [2.05, 4.69) is 5.32 Å². The Morgan fingerprint density at radius 3 is 2.15 bits per heavy atom. The van der Waals surface area contributed by atoms with Crippen LogP contribution in [0.4, 0.5) is 0 Å². The largest absolute Gasteiger partial charge is 0.447 e. The van der Waals surface area contributed by atoms with E-state index in [-0.39, 0.29) is 12.3 Å². The summed E-state index contributed by atoms with van der Waals surface area (Å²) in [4.78, 5) is 35.6. The average Bonchev–Trinajstić information content (AvgIpc) is 2.60. The van der Waals surface area contributed by atoms with Crippen LogP contribution in [-0.2, 0) is 19.1 Å². The smallest absolute Gasteiger partial charge is 0.309 e. The maximum absolute atomic E-state index is 12.4. The second kappa shape index (κ2) is 8.80. The summed E-state index contributed by atoms with van der Waals surface area (Å²) in [5.74, 6) is -1.65. The summed E-state index contributed by atoms with van der Waals surface area (Å²) in [5, 5.41) is 2.73. The summed E-state index contributed by atoms with van der Waals surface area (Å²) in [7, 11) is 0. The topological polar surface area (TPSA) is 98.5 Å². The molecule has 6 heteroatoms. The Morgan fingerprint density at radius 1 is 1.00 bits per heavy atom. The molecule has 0 spiro atoms. The predicted octanol–water partition coefficient (Wildman–Crippen LogP) is 2.33. The molecule has 2 rings (SSSR count). The normalized spacial score (nSPS) is 12.7. The van der Waals surface area contributed by atoms with E-state index < -0.39 is 24.0 Å². The molecule has 2 atom stereocenters. The highest BCUT2D eigenvalue weighted by Crippen LogP contribution is 2.22. The van der Waals surface area contributed by atoms with Crippen molar-refractivity contribution in [1.29, 1.82) is 0 Å². The number of aryl methyl sites for hydroxylation is 1. The van der Waals surface area contributed by atoms with Crippen LogP contribution in [0.2, 0.25) is 0 Å². The summed E-state index contributed by atoms with van der Waals surface area (Å²) in [5.41, 5.74) is 7.71. The average molecular weight is 354 g/mol. The number of carbonyl (C=O) groups excluding carboxylic acids is 3. The van der Waals surface area contributed by atoms with E-state index in [0.29, 0.717) is 5.56 Å². The van der Waals surface area contributed by atoms with Crippen molar-refractivity contribution >= 4 is 17.8 Å². The first-order valence-corrected chi connectivity index (χ1v) is 8.24. The number of ether oxygens (including phenoxy) is 1. The Hall–Kier alpha value is -3.15. The number of amides is 2. The van der Waals surface area contributed by atoms with Gasteiger partial charge in [-0.15, -0.1) is 0 Å². The van der Waals surface area contributed by atoms with Gasteiger partial charge in [-0.25, -0.2) is 0 Å². The molecule has 2 aromatic rings. The van der Waals surface area contributed by atoms with E-state index in [0.717, 1.165) is 11.1 Å². The fraction of sp³-hybridized carbons (Fsp3) is 0.250. The number of nitrogens with one attached hydrogen (secondary N) is 1. The van der Waals surface area contributed by atoms with Crippen molar-refractivity contribution in [3.63, 3.8) is 0 Å². The first-order valence-electron chi connectivity index (χ1n) is 8.24. The number of esters is 1. The number of primary amides is 1. The molecular weight excluding hydrogens is 332 g/mol. The van der Waals surface area contributed by atoms with E-state index in [1.165, 1.54) is 6.92 Å². The van der Waals surface area contributed by atoms with Gasteiger partial charge in [-0.3, -0.25) is 14.4 Å². The van der Waals surface area contributed by atoms with Crippen LogP contribution in [0.3, 0.4) is 0 Å². The molecule has 0 saturated heterocycles. The fourth-order valence-corrected chi connectivity index (χ4v) is 2.56. The van der Waals surface area contributed by atoms with Gasteiger partial charge >= 0.3 is 5.97 Å². The molecule has 0 aliphatic rings.